The molecule has 0 amide bonds. The maximum absolute atomic E-state index is 11.5. The van der Waals surface area contributed by atoms with Crippen molar-refractivity contribution in [1.82, 2.24) is 15.0 Å². The summed E-state index contributed by atoms with van der Waals surface area (Å²) in [5.41, 5.74) is 4.24. The number of aromatic amines is 1. The molecule has 4 nitrogen and oxygen atoms in total. The molecule has 0 radical (unpaired) electrons. The highest BCUT2D eigenvalue weighted by Crippen LogP contribution is 2.24. The summed E-state index contributed by atoms with van der Waals surface area (Å²) in [6.45, 7) is 1.85. The molecule has 0 bridgehead atoms. The van der Waals surface area contributed by atoms with Gasteiger partial charge in [0.25, 0.3) is 0 Å². The number of hydrogen-bond acceptors (Lipinski definition) is 3. The molecular formula is C16H13N3O. The van der Waals surface area contributed by atoms with Gasteiger partial charge in [0, 0.05) is 23.7 Å². The van der Waals surface area contributed by atoms with E-state index in [0.717, 1.165) is 22.4 Å². The highest BCUT2D eigenvalue weighted by Gasteiger charge is 2.04. The Kier molecular flexibility index (Phi) is 3.13. The van der Waals surface area contributed by atoms with Gasteiger partial charge in [-0.3, -0.25) is 4.98 Å². The van der Waals surface area contributed by atoms with Crippen molar-refractivity contribution in [2.75, 3.05) is 0 Å². The molecule has 0 unspecified atom stereocenters. The number of nitrogens with zero attached hydrogens (tertiary/aromatic N) is 2. The first-order valence-corrected chi connectivity index (χ1v) is 6.31. The smallest absolute Gasteiger partial charge is 0.310 e. The first-order valence-electron chi connectivity index (χ1n) is 6.31. The van der Waals surface area contributed by atoms with Crippen molar-refractivity contribution in [3.8, 4) is 22.4 Å². The van der Waals surface area contributed by atoms with E-state index in [1.54, 1.807) is 12.4 Å². The van der Waals surface area contributed by atoms with E-state index in [1.807, 2.05) is 49.4 Å². The van der Waals surface area contributed by atoms with Gasteiger partial charge in [-0.2, -0.15) is 4.98 Å². The zero-order valence-corrected chi connectivity index (χ0v) is 11.0. The third kappa shape index (κ3) is 2.49. The molecule has 3 rings (SSSR count). The molecule has 0 aliphatic carbocycles. The largest absolute Gasteiger partial charge is 0.345 e. The van der Waals surface area contributed by atoms with Crippen LogP contribution in [0.3, 0.4) is 0 Å². The van der Waals surface area contributed by atoms with E-state index in [-0.39, 0.29) is 5.69 Å². The molecule has 20 heavy (non-hydrogen) atoms. The zero-order chi connectivity index (χ0) is 13.9. The second-order valence-electron chi connectivity index (χ2n) is 4.57. The Morgan fingerprint density at radius 3 is 2.45 bits per heavy atom. The third-order valence-electron chi connectivity index (χ3n) is 3.05. The topological polar surface area (TPSA) is 58.6 Å². The quantitative estimate of drug-likeness (QED) is 0.773. The van der Waals surface area contributed by atoms with Crippen molar-refractivity contribution < 1.29 is 0 Å². The van der Waals surface area contributed by atoms with E-state index in [2.05, 4.69) is 15.0 Å². The first kappa shape index (κ1) is 12.3. The van der Waals surface area contributed by atoms with Crippen LogP contribution in [0.25, 0.3) is 22.4 Å². The van der Waals surface area contributed by atoms with Gasteiger partial charge < -0.3 is 4.98 Å². The summed E-state index contributed by atoms with van der Waals surface area (Å²) in [5, 5.41) is 0. The van der Waals surface area contributed by atoms with E-state index in [4.69, 9.17) is 0 Å². The van der Waals surface area contributed by atoms with Crippen molar-refractivity contribution in [1.29, 1.82) is 0 Å². The molecule has 3 aromatic rings. The number of aryl methyl sites for hydroxylation is 1. The lowest BCUT2D eigenvalue weighted by molar-refractivity contribution is 1.03. The minimum Gasteiger partial charge on any atom is -0.310 e. The predicted molar refractivity (Wildman–Crippen MR) is 78.3 cm³/mol. The predicted octanol–water partition coefficient (Wildman–Crippen LogP) is 2.81. The van der Waals surface area contributed by atoms with Crippen LogP contribution in [0.5, 0.6) is 0 Å². The lowest BCUT2D eigenvalue weighted by Crippen LogP contribution is -2.11. The molecule has 98 valence electrons. The highest BCUT2D eigenvalue weighted by molar-refractivity contribution is 5.71. The van der Waals surface area contributed by atoms with Crippen LogP contribution in [0, 0.1) is 6.92 Å². The molecular weight excluding hydrogens is 250 g/mol. The fourth-order valence-electron chi connectivity index (χ4n) is 2.13. The van der Waals surface area contributed by atoms with E-state index < -0.39 is 0 Å². The van der Waals surface area contributed by atoms with Gasteiger partial charge in [0.1, 0.15) is 0 Å². The second-order valence-corrected chi connectivity index (χ2v) is 4.57. The van der Waals surface area contributed by atoms with Crippen molar-refractivity contribution >= 4 is 0 Å². The molecule has 0 fully saturated rings. The second kappa shape index (κ2) is 5.09. The number of hydrogen-bond donors (Lipinski definition) is 1. The fourth-order valence-corrected chi connectivity index (χ4v) is 2.13. The van der Waals surface area contributed by atoms with Crippen LogP contribution in [0.2, 0.25) is 0 Å². The molecule has 0 saturated carbocycles. The van der Waals surface area contributed by atoms with Gasteiger partial charge in [0.2, 0.25) is 0 Å². The Bertz CT molecular complexity index is 794. The standard InChI is InChI=1S/C16H13N3O/c1-11-9-15(19-16(20)18-11)14-4-2-3-13(10-14)12-5-7-17-8-6-12/h2-10H,1H3,(H,18,19,20). The van der Waals surface area contributed by atoms with Crippen molar-refractivity contribution in [3.63, 3.8) is 0 Å². The Morgan fingerprint density at radius 2 is 1.70 bits per heavy atom. The summed E-state index contributed by atoms with van der Waals surface area (Å²) < 4.78 is 0. The normalized spacial score (nSPS) is 10.4. The van der Waals surface area contributed by atoms with Gasteiger partial charge in [-0.25, -0.2) is 4.79 Å². The van der Waals surface area contributed by atoms with Crippen molar-refractivity contribution in [3.05, 3.63) is 71.0 Å². The van der Waals surface area contributed by atoms with Gasteiger partial charge in [-0.15, -0.1) is 0 Å². The molecule has 0 saturated heterocycles. The van der Waals surface area contributed by atoms with E-state index in [9.17, 15) is 4.79 Å². The van der Waals surface area contributed by atoms with E-state index in [0.29, 0.717) is 5.69 Å². The molecule has 0 spiro atoms. The molecule has 2 aromatic heterocycles. The lowest BCUT2D eigenvalue weighted by atomic mass is 10.0. The summed E-state index contributed by atoms with van der Waals surface area (Å²) in [6, 6.07) is 13.7. The number of H-pyrrole nitrogens is 1. The van der Waals surface area contributed by atoms with Crippen LogP contribution in [0.15, 0.2) is 59.7 Å². The van der Waals surface area contributed by atoms with Crippen LogP contribution in [0.4, 0.5) is 0 Å². The minimum absolute atomic E-state index is 0.325. The Hall–Kier alpha value is -2.75. The lowest BCUT2D eigenvalue weighted by Gasteiger charge is -2.05. The van der Waals surface area contributed by atoms with Crippen LogP contribution in [-0.4, -0.2) is 15.0 Å². The summed E-state index contributed by atoms with van der Waals surface area (Å²) in [5.74, 6) is 0. The maximum atomic E-state index is 11.5. The molecule has 0 aliphatic rings. The number of aromatic nitrogens is 3. The van der Waals surface area contributed by atoms with Crippen LogP contribution < -0.4 is 5.69 Å². The molecule has 2 heterocycles. The number of benzene rings is 1. The Balaban J connectivity index is 2.10. The van der Waals surface area contributed by atoms with Crippen molar-refractivity contribution in [2.45, 2.75) is 6.92 Å². The van der Waals surface area contributed by atoms with Gasteiger partial charge in [0.15, 0.2) is 0 Å². The molecule has 1 aromatic carbocycles. The van der Waals surface area contributed by atoms with Gasteiger partial charge in [-0.1, -0.05) is 18.2 Å². The summed E-state index contributed by atoms with van der Waals surface area (Å²) in [7, 11) is 0. The average molecular weight is 263 g/mol. The van der Waals surface area contributed by atoms with Gasteiger partial charge in [-0.05, 0) is 42.3 Å². The number of nitrogens with one attached hydrogen (secondary N) is 1. The zero-order valence-electron chi connectivity index (χ0n) is 11.0. The summed E-state index contributed by atoms with van der Waals surface area (Å²) in [4.78, 5) is 22.1. The monoisotopic (exact) mass is 263 g/mol. The average Bonchev–Trinajstić information content (AvgIpc) is 2.47. The van der Waals surface area contributed by atoms with Gasteiger partial charge in [0.05, 0.1) is 5.69 Å². The fraction of sp³-hybridized carbons (Fsp3) is 0.0625. The minimum atomic E-state index is -0.325. The molecule has 4 heteroatoms. The molecule has 0 atom stereocenters. The Labute approximate surface area is 116 Å². The van der Waals surface area contributed by atoms with E-state index >= 15 is 0 Å². The van der Waals surface area contributed by atoms with Crippen LogP contribution in [0.1, 0.15) is 5.69 Å². The van der Waals surface area contributed by atoms with Crippen LogP contribution >= 0.6 is 0 Å². The van der Waals surface area contributed by atoms with E-state index in [1.165, 1.54) is 0 Å². The summed E-state index contributed by atoms with van der Waals surface area (Å²) >= 11 is 0. The Morgan fingerprint density at radius 1 is 0.950 bits per heavy atom. The first-order chi connectivity index (χ1) is 9.72. The van der Waals surface area contributed by atoms with Crippen LogP contribution in [-0.2, 0) is 0 Å². The number of rotatable bonds is 2. The SMILES string of the molecule is Cc1cc(-c2cccc(-c3ccncc3)c2)nc(=O)[nH]1. The molecule has 0 aliphatic heterocycles. The van der Waals surface area contributed by atoms with Gasteiger partial charge >= 0.3 is 5.69 Å². The number of pyridine rings is 1. The maximum Gasteiger partial charge on any atom is 0.345 e. The molecule has 1 N–H and O–H groups in total. The summed E-state index contributed by atoms with van der Waals surface area (Å²) in [6.07, 6.45) is 3.52. The third-order valence-corrected chi connectivity index (χ3v) is 3.05. The van der Waals surface area contributed by atoms with Crippen molar-refractivity contribution in [2.24, 2.45) is 0 Å². The highest BCUT2D eigenvalue weighted by atomic mass is 16.1.